The molecule has 1 aliphatic heterocycles. The smallest absolute Gasteiger partial charge is 0.119 e. The first-order chi connectivity index (χ1) is 8.38. The Balaban J connectivity index is 1.81. The molecule has 4 rings (SSSR count). The summed E-state index contributed by atoms with van der Waals surface area (Å²) in [6.45, 7) is 0. The Labute approximate surface area is 102 Å². The van der Waals surface area contributed by atoms with Crippen LogP contribution in [0.25, 0.3) is 0 Å². The molecule has 0 amide bonds. The lowest BCUT2D eigenvalue weighted by molar-refractivity contribution is 0.237. The molecule has 2 nitrogen and oxygen atoms in total. The van der Waals surface area contributed by atoms with E-state index in [2.05, 4.69) is 18.2 Å². The average Bonchev–Trinajstić information content (AvgIpc) is 3.19. The lowest BCUT2D eigenvalue weighted by Crippen LogP contribution is -2.27. The zero-order valence-corrected chi connectivity index (χ0v) is 10.2. The Morgan fingerprint density at radius 3 is 2.94 bits per heavy atom. The number of rotatable bonds is 1. The van der Waals surface area contributed by atoms with E-state index in [1.54, 1.807) is 7.11 Å². The summed E-state index contributed by atoms with van der Waals surface area (Å²) >= 11 is 0. The number of methoxy groups -OCH3 is 1. The van der Waals surface area contributed by atoms with Gasteiger partial charge in [-0.05, 0) is 47.9 Å². The average molecular weight is 230 g/mol. The zero-order chi connectivity index (χ0) is 11.4. The molecule has 1 saturated heterocycles. The van der Waals surface area contributed by atoms with Gasteiger partial charge in [0.15, 0.2) is 0 Å². The molecule has 1 aromatic rings. The molecule has 0 bridgehead atoms. The number of fused-ring (bicyclic) bond motifs is 6. The second kappa shape index (κ2) is 3.49. The van der Waals surface area contributed by atoms with Gasteiger partial charge in [0.1, 0.15) is 11.9 Å². The molecule has 90 valence electrons. The lowest BCUT2D eigenvalue weighted by Gasteiger charge is -2.35. The van der Waals surface area contributed by atoms with Crippen LogP contribution in [0.15, 0.2) is 18.2 Å². The number of hydrogen-bond acceptors (Lipinski definition) is 2. The van der Waals surface area contributed by atoms with Gasteiger partial charge in [-0.2, -0.15) is 0 Å². The fourth-order valence-electron chi connectivity index (χ4n) is 3.90. The Morgan fingerprint density at radius 2 is 2.06 bits per heavy atom. The molecule has 1 saturated carbocycles. The van der Waals surface area contributed by atoms with Crippen molar-refractivity contribution >= 4 is 0 Å². The van der Waals surface area contributed by atoms with Gasteiger partial charge in [-0.3, -0.25) is 0 Å². The molecule has 0 radical (unpaired) electrons. The highest BCUT2D eigenvalue weighted by atomic mass is 16.6. The van der Waals surface area contributed by atoms with Gasteiger partial charge >= 0.3 is 0 Å². The molecule has 3 aliphatic rings. The predicted octanol–water partition coefficient (Wildman–Crippen LogP) is 3.42. The van der Waals surface area contributed by atoms with Gasteiger partial charge in [0.05, 0.1) is 13.2 Å². The van der Waals surface area contributed by atoms with Crippen LogP contribution < -0.4 is 4.74 Å². The van der Waals surface area contributed by atoms with Gasteiger partial charge in [0.2, 0.25) is 0 Å². The molecule has 0 N–H and O–H groups in total. The Kier molecular flexibility index (Phi) is 2.04. The van der Waals surface area contributed by atoms with Crippen molar-refractivity contribution in [3.8, 4) is 5.75 Å². The fourth-order valence-corrected chi connectivity index (χ4v) is 3.90. The van der Waals surface area contributed by atoms with E-state index < -0.39 is 0 Å². The van der Waals surface area contributed by atoms with Crippen molar-refractivity contribution in [3.63, 3.8) is 0 Å². The number of epoxide rings is 1. The van der Waals surface area contributed by atoms with Crippen molar-refractivity contribution in [1.29, 1.82) is 0 Å². The number of benzene rings is 1. The molecular formula is C15H18O2. The number of ether oxygens (including phenoxy) is 2. The third-order valence-electron chi connectivity index (χ3n) is 4.77. The SMILES string of the molecule is COc1ccc2c(c1)[C@@H]1CCCC[C@H]1[C@H]1O[C@@H]21. The highest BCUT2D eigenvalue weighted by Gasteiger charge is 2.54. The van der Waals surface area contributed by atoms with Crippen LogP contribution in [0.2, 0.25) is 0 Å². The monoisotopic (exact) mass is 230 g/mol. The molecule has 0 aromatic heterocycles. The first kappa shape index (κ1) is 9.95. The van der Waals surface area contributed by atoms with Gasteiger partial charge in [0.25, 0.3) is 0 Å². The van der Waals surface area contributed by atoms with Crippen LogP contribution in [-0.2, 0) is 4.74 Å². The first-order valence-electron chi connectivity index (χ1n) is 6.72. The lowest BCUT2D eigenvalue weighted by atomic mass is 9.68. The van der Waals surface area contributed by atoms with Crippen LogP contribution in [0, 0.1) is 5.92 Å². The molecular weight excluding hydrogens is 212 g/mol. The van der Waals surface area contributed by atoms with Crippen molar-refractivity contribution in [1.82, 2.24) is 0 Å². The summed E-state index contributed by atoms with van der Waals surface area (Å²) < 4.78 is 11.3. The minimum Gasteiger partial charge on any atom is -0.497 e. The fraction of sp³-hybridized carbons (Fsp3) is 0.600. The van der Waals surface area contributed by atoms with Gasteiger partial charge < -0.3 is 9.47 Å². The molecule has 2 heteroatoms. The summed E-state index contributed by atoms with van der Waals surface area (Å²) in [6, 6.07) is 6.53. The summed E-state index contributed by atoms with van der Waals surface area (Å²) in [5.74, 6) is 2.48. The van der Waals surface area contributed by atoms with E-state index in [0.717, 1.165) is 17.6 Å². The Bertz CT molecular complexity index is 454. The quantitative estimate of drug-likeness (QED) is 0.689. The summed E-state index contributed by atoms with van der Waals surface area (Å²) in [6.07, 6.45) is 6.36. The van der Waals surface area contributed by atoms with Gasteiger partial charge in [-0.15, -0.1) is 0 Å². The van der Waals surface area contributed by atoms with Crippen LogP contribution in [0.4, 0.5) is 0 Å². The van der Waals surface area contributed by atoms with Crippen LogP contribution in [-0.4, -0.2) is 13.2 Å². The van der Waals surface area contributed by atoms with Crippen molar-refractivity contribution < 1.29 is 9.47 Å². The largest absolute Gasteiger partial charge is 0.497 e. The van der Waals surface area contributed by atoms with Gasteiger partial charge in [-0.1, -0.05) is 18.9 Å². The minimum absolute atomic E-state index is 0.398. The van der Waals surface area contributed by atoms with Crippen LogP contribution in [0.3, 0.4) is 0 Å². The Morgan fingerprint density at radius 1 is 1.18 bits per heavy atom. The van der Waals surface area contributed by atoms with Crippen molar-refractivity contribution in [2.45, 2.75) is 43.8 Å². The van der Waals surface area contributed by atoms with Crippen LogP contribution >= 0.6 is 0 Å². The van der Waals surface area contributed by atoms with Crippen LogP contribution in [0.1, 0.15) is 48.8 Å². The molecule has 1 aromatic carbocycles. The maximum Gasteiger partial charge on any atom is 0.119 e. The predicted molar refractivity (Wildman–Crippen MR) is 65.3 cm³/mol. The second-order valence-electron chi connectivity index (χ2n) is 5.57. The summed E-state index contributed by atoms with van der Waals surface area (Å²) in [4.78, 5) is 0. The van der Waals surface area contributed by atoms with E-state index in [1.165, 1.54) is 36.8 Å². The summed E-state index contributed by atoms with van der Waals surface area (Å²) in [5, 5.41) is 0. The standard InChI is InChI=1S/C15H18O2/c1-16-9-6-7-12-13(8-9)10-4-2-3-5-11(10)14-15(12)17-14/h6-8,10-11,14-15H,2-5H2,1H3/t10-,11-,14-,15+/m1/s1. The van der Waals surface area contributed by atoms with E-state index in [4.69, 9.17) is 9.47 Å². The first-order valence-corrected chi connectivity index (χ1v) is 6.72. The maximum atomic E-state index is 5.91. The molecule has 0 unspecified atom stereocenters. The molecule has 1 heterocycles. The zero-order valence-electron chi connectivity index (χ0n) is 10.2. The van der Waals surface area contributed by atoms with Crippen molar-refractivity contribution in [2.75, 3.05) is 7.11 Å². The summed E-state index contributed by atoms with van der Waals surface area (Å²) in [5.41, 5.74) is 2.94. The van der Waals surface area contributed by atoms with Crippen LogP contribution in [0.5, 0.6) is 5.75 Å². The maximum absolute atomic E-state index is 5.91. The van der Waals surface area contributed by atoms with Crippen molar-refractivity contribution in [3.05, 3.63) is 29.3 Å². The molecule has 0 spiro atoms. The van der Waals surface area contributed by atoms with E-state index in [-0.39, 0.29) is 0 Å². The highest BCUT2D eigenvalue weighted by molar-refractivity contribution is 5.44. The molecule has 2 aliphatic carbocycles. The minimum atomic E-state index is 0.398. The normalized spacial score (nSPS) is 37.7. The van der Waals surface area contributed by atoms with E-state index in [0.29, 0.717) is 12.2 Å². The third-order valence-corrected chi connectivity index (χ3v) is 4.77. The van der Waals surface area contributed by atoms with Gasteiger partial charge in [-0.25, -0.2) is 0 Å². The van der Waals surface area contributed by atoms with E-state index in [9.17, 15) is 0 Å². The molecule has 17 heavy (non-hydrogen) atoms. The van der Waals surface area contributed by atoms with Crippen molar-refractivity contribution in [2.24, 2.45) is 5.92 Å². The second-order valence-corrected chi connectivity index (χ2v) is 5.57. The van der Waals surface area contributed by atoms with E-state index in [1.807, 2.05) is 0 Å². The van der Waals surface area contributed by atoms with E-state index >= 15 is 0 Å². The topological polar surface area (TPSA) is 21.8 Å². The third kappa shape index (κ3) is 1.37. The molecule has 2 fully saturated rings. The summed E-state index contributed by atoms with van der Waals surface area (Å²) in [7, 11) is 1.75. The Hall–Kier alpha value is -1.02. The van der Waals surface area contributed by atoms with Gasteiger partial charge in [0, 0.05) is 0 Å². The highest BCUT2D eigenvalue weighted by Crippen LogP contribution is 2.58. The molecule has 4 atom stereocenters. The number of hydrogen-bond donors (Lipinski definition) is 0.